The summed E-state index contributed by atoms with van der Waals surface area (Å²) >= 11 is 0. The van der Waals surface area contributed by atoms with Crippen LogP contribution in [0.3, 0.4) is 0 Å². The lowest BCUT2D eigenvalue weighted by Crippen LogP contribution is -2.08. The number of anilines is 1. The quantitative estimate of drug-likeness (QED) is 0.900. The highest BCUT2D eigenvalue weighted by Crippen LogP contribution is 2.26. The molecule has 18 heavy (non-hydrogen) atoms. The molecular formula is C14H17N3O. The van der Waals surface area contributed by atoms with Crippen molar-refractivity contribution in [2.24, 2.45) is 0 Å². The summed E-state index contributed by atoms with van der Waals surface area (Å²) in [5.41, 5.74) is 9.52. The van der Waals surface area contributed by atoms with Gasteiger partial charge in [0.15, 0.2) is 6.73 Å². The molecule has 4 heteroatoms. The summed E-state index contributed by atoms with van der Waals surface area (Å²) in [6.07, 6.45) is 3.62. The SMILES string of the molecule is Cc1cc(N)nn1COc1ccc2c(c1)CCC2. The van der Waals surface area contributed by atoms with Crippen molar-refractivity contribution in [3.05, 3.63) is 41.1 Å². The molecule has 1 heterocycles. The first kappa shape index (κ1) is 11.1. The van der Waals surface area contributed by atoms with Crippen LogP contribution in [0.15, 0.2) is 24.3 Å². The van der Waals surface area contributed by atoms with E-state index in [4.69, 9.17) is 10.5 Å². The molecule has 0 radical (unpaired) electrons. The van der Waals surface area contributed by atoms with Crippen molar-refractivity contribution in [2.75, 3.05) is 5.73 Å². The Labute approximate surface area is 106 Å². The number of rotatable bonds is 3. The first-order valence-corrected chi connectivity index (χ1v) is 6.27. The molecule has 94 valence electrons. The Bertz CT molecular complexity index is 574. The van der Waals surface area contributed by atoms with Crippen LogP contribution in [0.4, 0.5) is 5.82 Å². The monoisotopic (exact) mass is 243 g/mol. The number of benzene rings is 1. The number of nitrogens with two attached hydrogens (primary N) is 1. The molecule has 0 bridgehead atoms. The van der Waals surface area contributed by atoms with E-state index in [1.807, 2.05) is 19.1 Å². The highest BCUT2D eigenvalue weighted by Gasteiger charge is 2.11. The summed E-state index contributed by atoms with van der Waals surface area (Å²) in [6.45, 7) is 2.37. The van der Waals surface area contributed by atoms with Gasteiger partial charge in [0.1, 0.15) is 11.6 Å². The Morgan fingerprint density at radius 1 is 1.28 bits per heavy atom. The maximum absolute atomic E-state index is 5.76. The molecule has 0 fully saturated rings. The Kier molecular flexibility index (Phi) is 2.70. The van der Waals surface area contributed by atoms with Crippen LogP contribution in [-0.4, -0.2) is 9.78 Å². The van der Waals surface area contributed by atoms with Crippen LogP contribution in [0.2, 0.25) is 0 Å². The van der Waals surface area contributed by atoms with Gasteiger partial charge < -0.3 is 10.5 Å². The van der Waals surface area contributed by atoms with Crippen LogP contribution < -0.4 is 10.5 Å². The van der Waals surface area contributed by atoms with Gasteiger partial charge in [-0.2, -0.15) is 5.10 Å². The first-order chi connectivity index (χ1) is 8.72. The minimum atomic E-state index is 0.405. The molecule has 1 aromatic carbocycles. The minimum Gasteiger partial charge on any atom is -0.471 e. The maximum atomic E-state index is 5.76. The third-order valence-corrected chi connectivity index (χ3v) is 3.42. The van der Waals surface area contributed by atoms with Crippen molar-refractivity contribution >= 4 is 5.82 Å². The Hall–Kier alpha value is -1.97. The molecule has 0 saturated carbocycles. The van der Waals surface area contributed by atoms with E-state index >= 15 is 0 Å². The number of aryl methyl sites for hydroxylation is 3. The molecule has 0 aliphatic heterocycles. The van der Waals surface area contributed by atoms with Gasteiger partial charge in [0.05, 0.1) is 0 Å². The molecule has 2 aromatic rings. The number of nitrogen functional groups attached to an aromatic ring is 1. The summed E-state index contributed by atoms with van der Waals surface area (Å²) in [5, 5.41) is 4.17. The van der Waals surface area contributed by atoms with E-state index in [0.29, 0.717) is 12.5 Å². The number of hydrogen-bond acceptors (Lipinski definition) is 3. The van der Waals surface area contributed by atoms with Gasteiger partial charge in [-0.05, 0) is 49.4 Å². The first-order valence-electron chi connectivity index (χ1n) is 6.27. The van der Waals surface area contributed by atoms with E-state index in [9.17, 15) is 0 Å². The molecule has 1 aliphatic carbocycles. The number of hydrogen-bond donors (Lipinski definition) is 1. The fraction of sp³-hybridized carbons (Fsp3) is 0.357. The average molecular weight is 243 g/mol. The fourth-order valence-corrected chi connectivity index (χ4v) is 2.44. The number of ether oxygens (including phenoxy) is 1. The largest absolute Gasteiger partial charge is 0.471 e. The molecule has 4 nitrogen and oxygen atoms in total. The van der Waals surface area contributed by atoms with Crippen LogP contribution in [0, 0.1) is 6.92 Å². The molecule has 0 spiro atoms. The van der Waals surface area contributed by atoms with Crippen molar-refractivity contribution in [3.63, 3.8) is 0 Å². The molecule has 0 unspecified atom stereocenters. The lowest BCUT2D eigenvalue weighted by molar-refractivity contribution is 0.218. The summed E-state index contributed by atoms with van der Waals surface area (Å²) in [6, 6.07) is 8.19. The van der Waals surface area contributed by atoms with E-state index in [2.05, 4.69) is 17.2 Å². The predicted molar refractivity (Wildman–Crippen MR) is 70.5 cm³/mol. The lowest BCUT2D eigenvalue weighted by Gasteiger charge is -2.09. The Morgan fingerprint density at radius 3 is 2.89 bits per heavy atom. The van der Waals surface area contributed by atoms with Gasteiger partial charge in [0, 0.05) is 11.8 Å². The second-order valence-corrected chi connectivity index (χ2v) is 4.77. The van der Waals surface area contributed by atoms with E-state index in [1.54, 1.807) is 4.68 Å². The average Bonchev–Trinajstić information content (AvgIpc) is 2.92. The zero-order chi connectivity index (χ0) is 12.5. The summed E-state index contributed by atoms with van der Waals surface area (Å²) in [4.78, 5) is 0. The Morgan fingerprint density at radius 2 is 2.11 bits per heavy atom. The smallest absolute Gasteiger partial charge is 0.181 e. The van der Waals surface area contributed by atoms with Gasteiger partial charge in [0.2, 0.25) is 0 Å². The van der Waals surface area contributed by atoms with Crippen molar-refractivity contribution in [1.29, 1.82) is 0 Å². The van der Waals surface area contributed by atoms with Crippen LogP contribution in [-0.2, 0) is 19.6 Å². The second-order valence-electron chi connectivity index (χ2n) is 4.77. The van der Waals surface area contributed by atoms with Gasteiger partial charge in [-0.1, -0.05) is 6.07 Å². The van der Waals surface area contributed by atoms with Crippen molar-refractivity contribution in [2.45, 2.75) is 32.9 Å². The fourth-order valence-electron chi connectivity index (χ4n) is 2.44. The number of nitrogens with zero attached hydrogens (tertiary/aromatic N) is 2. The third-order valence-electron chi connectivity index (χ3n) is 3.42. The van der Waals surface area contributed by atoms with Crippen molar-refractivity contribution < 1.29 is 4.74 Å². The Balaban J connectivity index is 1.72. The molecular weight excluding hydrogens is 226 g/mol. The molecule has 0 saturated heterocycles. The third kappa shape index (κ3) is 2.06. The normalized spacial score (nSPS) is 13.6. The molecule has 0 amide bonds. The molecule has 3 rings (SSSR count). The number of fused-ring (bicyclic) bond motifs is 1. The van der Waals surface area contributed by atoms with E-state index in [0.717, 1.165) is 11.4 Å². The minimum absolute atomic E-state index is 0.405. The number of aromatic nitrogens is 2. The highest BCUT2D eigenvalue weighted by atomic mass is 16.5. The van der Waals surface area contributed by atoms with Crippen LogP contribution >= 0.6 is 0 Å². The maximum Gasteiger partial charge on any atom is 0.181 e. The summed E-state index contributed by atoms with van der Waals surface area (Å²) in [5.74, 6) is 1.44. The van der Waals surface area contributed by atoms with Gasteiger partial charge >= 0.3 is 0 Å². The topological polar surface area (TPSA) is 53.1 Å². The van der Waals surface area contributed by atoms with Crippen molar-refractivity contribution in [1.82, 2.24) is 9.78 Å². The standard InChI is InChI=1S/C14H17N3O/c1-10-7-14(15)16-17(10)9-18-13-6-5-11-3-2-4-12(11)8-13/h5-8H,2-4,9H2,1H3,(H2,15,16). The molecule has 2 N–H and O–H groups in total. The van der Waals surface area contributed by atoms with Crippen LogP contribution in [0.5, 0.6) is 5.75 Å². The van der Waals surface area contributed by atoms with E-state index in [1.165, 1.54) is 30.4 Å². The zero-order valence-electron chi connectivity index (χ0n) is 10.5. The van der Waals surface area contributed by atoms with Crippen LogP contribution in [0.1, 0.15) is 23.2 Å². The summed E-state index contributed by atoms with van der Waals surface area (Å²) < 4.78 is 7.52. The zero-order valence-corrected chi connectivity index (χ0v) is 10.5. The van der Waals surface area contributed by atoms with Gasteiger partial charge in [-0.3, -0.25) is 0 Å². The van der Waals surface area contributed by atoms with Crippen LogP contribution in [0.25, 0.3) is 0 Å². The molecule has 1 aromatic heterocycles. The van der Waals surface area contributed by atoms with Gasteiger partial charge in [-0.15, -0.1) is 0 Å². The van der Waals surface area contributed by atoms with E-state index in [-0.39, 0.29) is 0 Å². The summed E-state index contributed by atoms with van der Waals surface area (Å²) in [7, 11) is 0. The van der Waals surface area contributed by atoms with Gasteiger partial charge in [0.25, 0.3) is 0 Å². The van der Waals surface area contributed by atoms with Gasteiger partial charge in [-0.25, -0.2) is 4.68 Å². The predicted octanol–water partition coefficient (Wildman–Crippen LogP) is 2.30. The second kappa shape index (κ2) is 4.37. The van der Waals surface area contributed by atoms with Crippen molar-refractivity contribution in [3.8, 4) is 5.75 Å². The molecule has 1 aliphatic rings. The van der Waals surface area contributed by atoms with E-state index < -0.39 is 0 Å². The molecule has 0 atom stereocenters. The highest BCUT2D eigenvalue weighted by molar-refractivity contribution is 5.38. The lowest BCUT2D eigenvalue weighted by atomic mass is 10.1.